The van der Waals surface area contributed by atoms with Crippen molar-refractivity contribution in [1.82, 2.24) is 19.1 Å². The van der Waals surface area contributed by atoms with Gasteiger partial charge in [-0.1, -0.05) is 23.0 Å². The van der Waals surface area contributed by atoms with E-state index >= 15 is 0 Å². The number of rotatable bonds is 3. The lowest BCUT2D eigenvalue weighted by molar-refractivity contribution is 0.714. The molecule has 0 saturated heterocycles. The Morgan fingerprint density at radius 1 is 1.57 bits per heavy atom. The van der Waals surface area contributed by atoms with Gasteiger partial charge in [0.25, 0.3) is 0 Å². The van der Waals surface area contributed by atoms with Gasteiger partial charge in [-0.05, 0) is 0 Å². The van der Waals surface area contributed by atoms with Gasteiger partial charge in [-0.3, -0.25) is 0 Å². The molecule has 74 valence electrons. The molecule has 0 unspecified atom stereocenters. The van der Waals surface area contributed by atoms with E-state index in [2.05, 4.69) is 21.5 Å². The van der Waals surface area contributed by atoms with Crippen molar-refractivity contribution in [2.45, 2.75) is 19.9 Å². The van der Waals surface area contributed by atoms with Crippen LogP contribution in [0.15, 0.2) is 12.4 Å². The fourth-order valence-corrected chi connectivity index (χ4v) is 1.86. The standard InChI is InChI=1S/C8H9ClN4S/c1-2-7-10-3-4-13(7)5-6-8(9)14-12-11-6/h3-4H,2,5H2,1H3. The van der Waals surface area contributed by atoms with Gasteiger partial charge in [0, 0.05) is 30.3 Å². The summed E-state index contributed by atoms with van der Waals surface area (Å²) in [6, 6.07) is 0. The average molecular weight is 229 g/mol. The van der Waals surface area contributed by atoms with E-state index in [1.807, 2.05) is 10.8 Å². The molecule has 14 heavy (non-hydrogen) atoms. The molecule has 0 aromatic carbocycles. The zero-order valence-corrected chi connectivity index (χ0v) is 9.22. The topological polar surface area (TPSA) is 43.6 Å². The van der Waals surface area contributed by atoms with Crippen LogP contribution in [0.25, 0.3) is 0 Å². The predicted octanol–water partition coefficient (Wildman–Crippen LogP) is 2.00. The summed E-state index contributed by atoms with van der Waals surface area (Å²) in [4.78, 5) is 4.22. The van der Waals surface area contributed by atoms with E-state index in [1.54, 1.807) is 6.20 Å². The third-order valence-corrected chi connectivity index (χ3v) is 2.93. The normalized spacial score (nSPS) is 10.7. The lowest BCUT2D eigenvalue weighted by atomic mass is 10.4. The minimum absolute atomic E-state index is 0.651. The lowest BCUT2D eigenvalue weighted by Crippen LogP contribution is -2.04. The number of aryl methyl sites for hydroxylation is 1. The largest absolute Gasteiger partial charge is 0.329 e. The highest BCUT2D eigenvalue weighted by atomic mass is 35.5. The van der Waals surface area contributed by atoms with Gasteiger partial charge < -0.3 is 4.57 Å². The maximum absolute atomic E-state index is 5.91. The van der Waals surface area contributed by atoms with Gasteiger partial charge in [-0.25, -0.2) is 4.98 Å². The van der Waals surface area contributed by atoms with E-state index in [4.69, 9.17) is 11.6 Å². The number of hydrogen-bond acceptors (Lipinski definition) is 4. The molecule has 0 spiro atoms. The van der Waals surface area contributed by atoms with E-state index in [-0.39, 0.29) is 0 Å². The maximum Gasteiger partial charge on any atom is 0.139 e. The number of nitrogens with zero attached hydrogens (tertiary/aromatic N) is 4. The molecule has 0 saturated carbocycles. The van der Waals surface area contributed by atoms with Crippen molar-refractivity contribution < 1.29 is 0 Å². The van der Waals surface area contributed by atoms with Crippen molar-refractivity contribution in [2.75, 3.05) is 0 Å². The van der Waals surface area contributed by atoms with Gasteiger partial charge in [0.2, 0.25) is 0 Å². The van der Waals surface area contributed by atoms with Crippen LogP contribution in [-0.4, -0.2) is 19.1 Å². The molecule has 2 aromatic rings. The van der Waals surface area contributed by atoms with Crippen LogP contribution in [0.4, 0.5) is 0 Å². The highest BCUT2D eigenvalue weighted by Gasteiger charge is 2.07. The minimum Gasteiger partial charge on any atom is -0.329 e. The molecule has 0 fully saturated rings. The molecule has 2 aromatic heterocycles. The van der Waals surface area contributed by atoms with Crippen molar-refractivity contribution in [3.8, 4) is 0 Å². The molecule has 0 aliphatic rings. The van der Waals surface area contributed by atoms with Crippen LogP contribution in [0, 0.1) is 0 Å². The Labute approximate surface area is 90.7 Å². The van der Waals surface area contributed by atoms with Crippen LogP contribution in [0.5, 0.6) is 0 Å². The second-order valence-electron chi connectivity index (χ2n) is 2.82. The van der Waals surface area contributed by atoms with Gasteiger partial charge in [-0.15, -0.1) is 5.10 Å². The number of hydrogen-bond donors (Lipinski definition) is 0. The Morgan fingerprint density at radius 2 is 2.43 bits per heavy atom. The van der Waals surface area contributed by atoms with Crippen LogP contribution < -0.4 is 0 Å². The molecule has 0 aliphatic carbocycles. The molecule has 0 radical (unpaired) electrons. The first-order valence-electron chi connectivity index (χ1n) is 4.28. The minimum atomic E-state index is 0.651. The Balaban J connectivity index is 2.22. The van der Waals surface area contributed by atoms with Crippen molar-refractivity contribution in [3.05, 3.63) is 28.2 Å². The summed E-state index contributed by atoms with van der Waals surface area (Å²) in [6.45, 7) is 2.72. The average Bonchev–Trinajstić information content (AvgIpc) is 2.77. The Kier molecular flexibility index (Phi) is 2.79. The zero-order chi connectivity index (χ0) is 9.97. The zero-order valence-electron chi connectivity index (χ0n) is 7.64. The summed E-state index contributed by atoms with van der Waals surface area (Å²) < 4.78 is 6.47. The van der Waals surface area contributed by atoms with E-state index in [0.29, 0.717) is 10.9 Å². The lowest BCUT2D eigenvalue weighted by Gasteiger charge is -2.02. The van der Waals surface area contributed by atoms with Gasteiger partial charge in [0.15, 0.2) is 0 Å². The first-order chi connectivity index (χ1) is 6.81. The molecule has 2 heterocycles. The molecule has 6 heteroatoms. The first kappa shape index (κ1) is 9.61. The SMILES string of the molecule is CCc1nccn1Cc1nnsc1Cl. The summed E-state index contributed by atoms with van der Waals surface area (Å²) >= 11 is 7.12. The summed E-state index contributed by atoms with van der Waals surface area (Å²) in [7, 11) is 0. The third-order valence-electron chi connectivity index (χ3n) is 1.95. The second kappa shape index (κ2) is 4.06. The number of imidazole rings is 1. The van der Waals surface area contributed by atoms with E-state index < -0.39 is 0 Å². The monoisotopic (exact) mass is 228 g/mol. The molecule has 0 aliphatic heterocycles. The Bertz CT molecular complexity index is 422. The first-order valence-corrected chi connectivity index (χ1v) is 5.43. The van der Waals surface area contributed by atoms with E-state index in [0.717, 1.165) is 17.9 Å². The molecular weight excluding hydrogens is 220 g/mol. The summed E-state index contributed by atoms with van der Waals surface area (Å²) in [5.41, 5.74) is 0.810. The van der Waals surface area contributed by atoms with Crippen LogP contribution >= 0.6 is 23.1 Å². The molecule has 0 bridgehead atoms. The summed E-state index contributed by atoms with van der Waals surface area (Å²) in [5.74, 6) is 1.04. The number of halogens is 1. The highest BCUT2D eigenvalue weighted by molar-refractivity contribution is 7.10. The second-order valence-corrected chi connectivity index (χ2v) is 4.17. The molecule has 2 rings (SSSR count). The van der Waals surface area contributed by atoms with Crippen molar-refractivity contribution >= 4 is 23.1 Å². The molecule has 0 amide bonds. The van der Waals surface area contributed by atoms with Crippen LogP contribution in [0.1, 0.15) is 18.4 Å². The Hall–Kier alpha value is -0.940. The van der Waals surface area contributed by atoms with Gasteiger partial charge in [0.1, 0.15) is 15.9 Å². The van der Waals surface area contributed by atoms with Crippen LogP contribution in [0.3, 0.4) is 0 Å². The smallest absolute Gasteiger partial charge is 0.139 e. The fraction of sp³-hybridized carbons (Fsp3) is 0.375. The predicted molar refractivity (Wildman–Crippen MR) is 55.6 cm³/mol. The van der Waals surface area contributed by atoms with E-state index in [1.165, 1.54) is 11.5 Å². The molecule has 0 atom stereocenters. The number of aromatic nitrogens is 4. The molecule has 0 N–H and O–H groups in total. The summed E-state index contributed by atoms with van der Waals surface area (Å²) in [5, 5.41) is 3.95. The van der Waals surface area contributed by atoms with Crippen molar-refractivity contribution in [1.29, 1.82) is 0 Å². The highest BCUT2D eigenvalue weighted by Crippen LogP contribution is 2.18. The van der Waals surface area contributed by atoms with Crippen molar-refractivity contribution in [2.24, 2.45) is 0 Å². The van der Waals surface area contributed by atoms with Crippen LogP contribution in [-0.2, 0) is 13.0 Å². The van der Waals surface area contributed by atoms with Crippen LogP contribution in [0.2, 0.25) is 4.34 Å². The molecular formula is C8H9ClN4S. The maximum atomic E-state index is 5.91. The fourth-order valence-electron chi connectivity index (χ4n) is 1.25. The third kappa shape index (κ3) is 1.78. The van der Waals surface area contributed by atoms with Gasteiger partial charge >= 0.3 is 0 Å². The summed E-state index contributed by atoms with van der Waals surface area (Å²) in [6.07, 6.45) is 4.61. The Morgan fingerprint density at radius 3 is 3.07 bits per heavy atom. The quantitative estimate of drug-likeness (QED) is 0.807. The van der Waals surface area contributed by atoms with Crippen molar-refractivity contribution in [3.63, 3.8) is 0 Å². The van der Waals surface area contributed by atoms with Gasteiger partial charge in [-0.2, -0.15) is 0 Å². The molecule has 4 nitrogen and oxygen atoms in total. The van der Waals surface area contributed by atoms with E-state index in [9.17, 15) is 0 Å². The van der Waals surface area contributed by atoms with Gasteiger partial charge in [0.05, 0.1) is 6.54 Å².